The molecule has 2 atom stereocenters. The lowest BCUT2D eigenvalue weighted by Gasteiger charge is -2.14. The molecule has 4 nitrogen and oxygen atoms in total. The highest BCUT2D eigenvalue weighted by Crippen LogP contribution is 2.28. The van der Waals surface area contributed by atoms with E-state index in [4.69, 9.17) is 10.5 Å². The molecule has 98 valence electrons. The number of carbonyl (C=O) groups is 1. The van der Waals surface area contributed by atoms with Crippen molar-refractivity contribution >= 4 is 5.91 Å². The number of nitrogens with one attached hydrogen (secondary N) is 1. The zero-order valence-electron chi connectivity index (χ0n) is 10.5. The minimum Gasteiger partial charge on any atom is -0.379 e. The SMILES string of the molecule is N[C@@H]1CCC[C@H]1CC(=O)NCCOCC1CC1. The quantitative estimate of drug-likeness (QED) is 0.654. The van der Waals surface area contributed by atoms with Gasteiger partial charge in [0.25, 0.3) is 0 Å². The Balaban J connectivity index is 1.48. The second-order valence-corrected chi connectivity index (χ2v) is 5.43. The first-order valence-electron chi connectivity index (χ1n) is 6.85. The second kappa shape index (κ2) is 6.36. The number of amides is 1. The molecular formula is C13H24N2O2. The van der Waals surface area contributed by atoms with Crippen molar-refractivity contribution in [3.8, 4) is 0 Å². The van der Waals surface area contributed by atoms with Crippen molar-refractivity contribution in [2.45, 2.75) is 44.6 Å². The lowest BCUT2D eigenvalue weighted by Crippen LogP contribution is -2.33. The lowest BCUT2D eigenvalue weighted by molar-refractivity contribution is -0.122. The molecular weight excluding hydrogens is 216 g/mol. The van der Waals surface area contributed by atoms with Crippen molar-refractivity contribution in [2.24, 2.45) is 17.6 Å². The average molecular weight is 240 g/mol. The predicted octanol–water partition coefficient (Wildman–Crippen LogP) is 1.05. The Hall–Kier alpha value is -0.610. The highest BCUT2D eigenvalue weighted by molar-refractivity contribution is 5.76. The summed E-state index contributed by atoms with van der Waals surface area (Å²) in [6.45, 7) is 2.13. The molecule has 2 fully saturated rings. The summed E-state index contributed by atoms with van der Waals surface area (Å²) in [5, 5.41) is 2.90. The smallest absolute Gasteiger partial charge is 0.220 e. The maximum atomic E-state index is 11.6. The van der Waals surface area contributed by atoms with Crippen LogP contribution >= 0.6 is 0 Å². The number of rotatable bonds is 7. The molecule has 0 bridgehead atoms. The van der Waals surface area contributed by atoms with Gasteiger partial charge in [-0.15, -0.1) is 0 Å². The molecule has 0 spiro atoms. The van der Waals surface area contributed by atoms with Gasteiger partial charge in [-0.25, -0.2) is 0 Å². The highest BCUT2D eigenvalue weighted by Gasteiger charge is 2.25. The summed E-state index contributed by atoms with van der Waals surface area (Å²) in [4.78, 5) is 11.6. The molecule has 2 saturated carbocycles. The summed E-state index contributed by atoms with van der Waals surface area (Å²) < 4.78 is 5.46. The van der Waals surface area contributed by atoms with Crippen LogP contribution < -0.4 is 11.1 Å². The van der Waals surface area contributed by atoms with Crippen molar-refractivity contribution in [3.63, 3.8) is 0 Å². The van der Waals surface area contributed by atoms with Crippen LogP contribution in [0.4, 0.5) is 0 Å². The van der Waals surface area contributed by atoms with E-state index in [1.54, 1.807) is 0 Å². The largest absolute Gasteiger partial charge is 0.379 e. The molecule has 3 N–H and O–H groups in total. The van der Waals surface area contributed by atoms with Crippen LogP contribution in [0, 0.1) is 11.8 Å². The van der Waals surface area contributed by atoms with Gasteiger partial charge in [-0.1, -0.05) is 6.42 Å². The normalized spacial score (nSPS) is 28.3. The van der Waals surface area contributed by atoms with E-state index < -0.39 is 0 Å². The van der Waals surface area contributed by atoms with Crippen LogP contribution in [0.1, 0.15) is 38.5 Å². The van der Waals surface area contributed by atoms with Gasteiger partial charge in [-0.05, 0) is 37.5 Å². The molecule has 4 heteroatoms. The molecule has 0 saturated heterocycles. The van der Waals surface area contributed by atoms with E-state index in [1.807, 2.05) is 0 Å². The van der Waals surface area contributed by atoms with Crippen LogP contribution in [0.2, 0.25) is 0 Å². The first kappa shape index (κ1) is 12.8. The summed E-state index contributed by atoms with van der Waals surface area (Å²) in [5.41, 5.74) is 5.94. The van der Waals surface area contributed by atoms with E-state index in [0.717, 1.165) is 25.4 Å². The molecule has 2 rings (SSSR count). The Bertz CT molecular complexity index is 254. The minimum absolute atomic E-state index is 0.127. The first-order chi connectivity index (χ1) is 8.25. The molecule has 2 aliphatic carbocycles. The van der Waals surface area contributed by atoms with Crippen LogP contribution in [0.25, 0.3) is 0 Å². The van der Waals surface area contributed by atoms with E-state index >= 15 is 0 Å². The molecule has 0 aromatic heterocycles. The number of nitrogens with two attached hydrogens (primary N) is 1. The summed E-state index contributed by atoms with van der Waals surface area (Å²) in [6, 6.07) is 0.229. The molecule has 0 unspecified atom stereocenters. The van der Waals surface area contributed by atoms with Crippen molar-refractivity contribution in [1.29, 1.82) is 0 Å². The molecule has 17 heavy (non-hydrogen) atoms. The Kier molecular flexibility index (Phi) is 4.80. The lowest BCUT2D eigenvalue weighted by atomic mass is 10.00. The third kappa shape index (κ3) is 4.64. The van der Waals surface area contributed by atoms with Crippen LogP contribution in [-0.4, -0.2) is 31.7 Å². The maximum Gasteiger partial charge on any atom is 0.220 e. The third-order valence-electron chi connectivity index (χ3n) is 3.78. The number of hydrogen-bond donors (Lipinski definition) is 2. The fraction of sp³-hybridized carbons (Fsp3) is 0.923. The summed E-state index contributed by atoms with van der Waals surface area (Å²) >= 11 is 0. The molecule has 0 heterocycles. The molecule has 0 aromatic carbocycles. The predicted molar refractivity (Wildman–Crippen MR) is 66.5 cm³/mol. The van der Waals surface area contributed by atoms with Gasteiger partial charge in [-0.3, -0.25) is 4.79 Å². The Morgan fingerprint density at radius 3 is 2.76 bits per heavy atom. The van der Waals surface area contributed by atoms with Gasteiger partial charge in [0.1, 0.15) is 0 Å². The van der Waals surface area contributed by atoms with Gasteiger partial charge in [0.15, 0.2) is 0 Å². The molecule has 2 aliphatic rings. The Morgan fingerprint density at radius 2 is 2.12 bits per heavy atom. The standard InChI is InChI=1S/C13H24N2O2/c14-12-3-1-2-11(12)8-13(16)15-6-7-17-9-10-4-5-10/h10-12H,1-9,14H2,(H,15,16)/t11-,12+/m0/s1. The Morgan fingerprint density at radius 1 is 1.29 bits per heavy atom. The van der Waals surface area contributed by atoms with Crippen LogP contribution in [-0.2, 0) is 9.53 Å². The minimum atomic E-state index is 0.127. The van der Waals surface area contributed by atoms with Gasteiger partial charge >= 0.3 is 0 Å². The topological polar surface area (TPSA) is 64.4 Å². The summed E-state index contributed by atoms with van der Waals surface area (Å²) in [6.07, 6.45) is 6.56. The van der Waals surface area contributed by atoms with Crippen molar-refractivity contribution in [2.75, 3.05) is 19.8 Å². The van der Waals surface area contributed by atoms with Crippen LogP contribution in [0.3, 0.4) is 0 Å². The van der Waals surface area contributed by atoms with Crippen LogP contribution in [0.5, 0.6) is 0 Å². The van der Waals surface area contributed by atoms with Crippen LogP contribution in [0.15, 0.2) is 0 Å². The zero-order valence-corrected chi connectivity index (χ0v) is 10.5. The zero-order chi connectivity index (χ0) is 12.1. The maximum absolute atomic E-state index is 11.6. The highest BCUT2D eigenvalue weighted by atomic mass is 16.5. The second-order valence-electron chi connectivity index (χ2n) is 5.43. The van der Waals surface area contributed by atoms with E-state index in [-0.39, 0.29) is 11.9 Å². The third-order valence-corrected chi connectivity index (χ3v) is 3.78. The van der Waals surface area contributed by atoms with E-state index in [9.17, 15) is 4.79 Å². The van der Waals surface area contributed by atoms with Gasteiger partial charge in [0, 0.05) is 25.6 Å². The van der Waals surface area contributed by atoms with Crippen molar-refractivity contribution in [1.82, 2.24) is 5.32 Å². The first-order valence-corrected chi connectivity index (χ1v) is 6.85. The van der Waals surface area contributed by atoms with Gasteiger partial charge in [0.2, 0.25) is 5.91 Å². The molecule has 0 aliphatic heterocycles. The van der Waals surface area contributed by atoms with Gasteiger partial charge in [-0.2, -0.15) is 0 Å². The van der Waals surface area contributed by atoms with Gasteiger partial charge < -0.3 is 15.8 Å². The van der Waals surface area contributed by atoms with E-state index in [1.165, 1.54) is 19.3 Å². The molecule has 1 amide bonds. The fourth-order valence-corrected chi connectivity index (χ4v) is 2.43. The molecule has 0 aromatic rings. The van der Waals surface area contributed by atoms with Crippen molar-refractivity contribution in [3.05, 3.63) is 0 Å². The monoisotopic (exact) mass is 240 g/mol. The molecule has 0 radical (unpaired) electrons. The number of ether oxygens (including phenoxy) is 1. The number of carbonyl (C=O) groups excluding carboxylic acids is 1. The van der Waals surface area contributed by atoms with E-state index in [2.05, 4.69) is 5.32 Å². The summed E-state index contributed by atoms with van der Waals surface area (Å²) in [5.74, 6) is 1.31. The Labute approximate surface area is 103 Å². The number of hydrogen-bond acceptors (Lipinski definition) is 3. The average Bonchev–Trinajstić information content (AvgIpc) is 3.04. The summed E-state index contributed by atoms with van der Waals surface area (Å²) in [7, 11) is 0. The van der Waals surface area contributed by atoms with E-state index in [0.29, 0.717) is 25.5 Å². The van der Waals surface area contributed by atoms with Crippen molar-refractivity contribution < 1.29 is 9.53 Å². The van der Waals surface area contributed by atoms with Gasteiger partial charge in [0.05, 0.1) is 6.61 Å². The fourth-order valence-electron chi connectivity index (χ4n) is 2.43.